The maximum Gasteiger partial charge on any atom is 0.407 e. The van der Waals surface area contributed by atoms with Gasteiger partial charge in [-0.1, -0.05) is 52.3 Å². The standard InChI is InChI=1S/C12H14BrNO2/c13-8-4-5-9-14-12(15)16-10-11-6-2-1-3-7-11/h1-4,6-8H,5,9-10H2,(H,14,15)/b8-4+. The first kappa shape index (κ1) is 12.8. The van der Waals surface area contributed by atoms with Crippen molar-refractivity contribution in [3.8, 4) is 0 Å². The predicted octanol–water partition coefficient (Wildman–Crippen LogP) is 3.21. The summed E-state index contributed by atoms with van der Waals surface area (Å²) in [5.74, 6) is 0. The van der Waals surface area contributed by atoms with Gasteiger partial charge >= 0.3 is 6.09 Å². The first-order chi connectivity index (χ1) is 7.83. The normalized spacial score (nSPS) is 10.3. The second kappa shape index (κ2) is 7.93. The van der Waals surface area contributed by atoms with Gasteiger partial charge in [-0.2, -0.15) is 0 Å². The van der Waals surface area contributed by atoms with Gasteiger partial charge in [0.25, 0.3) is 0 Å². The Balaban J connectivity index is 2.15. The summed E-state index contributed by atoms with van der Waals surface area (Å²) in [5.41, 5.74) is 0.984. The highest BCUT2D eigenvalue weighted by atomic mass is 79.9. The Kier molecular flexibility index (Phi) is 6.33. The number of hydrogen-bond acceptors (Lipinski definition) is 2. The summed E-state index contributed by atoms with van der Waals surface area (Å²) in [6.07, 6.45) is 2.32. The quantitative estimate of drug-likeness (QED) is 0.843. The van der Waals surface area contributed by atoms with E-state index in [1.807, 2.05) is 36.4 Å². The van der Waals surface area contributed by atoms with E-state index in [-0.39, 0.29) is 6.09 Å². The molecular weight excluding hydrogens is 270 g/mol. The van der Waals surface area contributed by atoms with Crippen LogP contribution in [0.3, 0.4) is 0 Å². The van der Waals surface area contributed by atoms with Crippen molar-refractivity contribution in [3.63, 3.8) is 0 Å². The molecule has 0 unspecified atom stereocenters. The lowest BCUT2D eigenvalue weighted by molar-refractivity contribution is 0.140. The van der Waals surface area contributed by atoms with Crippen molar-refractivity contribution in [2.45, 2.75) is 13.0 Å². The molecule has 3 nitrogen and oxygen atoms in total. The van der Waals surface area contributed by atoms with Crippen LogP contribution in [0.15, 0.2) is 41.4 Å². The third kappa shape index (κ3) is 5.56. The van der Waals surface area contributed by atoms with Crippen LogP contribution in [0.25, 0.3) is 0 Å². The van der Waals surface area contributed by atoms with Gasteiger partial charge in [-0.05, 0) is 17.0 Å². The molecule has 0 bridgehead atoms. The predicted molar refractivity (Wildman–Crippen MR) is 67.3 cm³/mol. The Bertz CT molecular complexity index is 338. The highest BCUT2D eigenvalue weighted by Gasteiger charge is 2.00. The van der Waals surface area contributed by atoms with E-state index in [1.54, 1.807) is 4.99 Å². The van der Waals surface area contributed by atoms with Crippen molar-refractivity contribution >= 4 is 22.0 Å². The van der Waals surface area contributed by atoms with E-state index in [2.05, 4.69) is 21.2 Å². The third-order valence-corrected chi connectivity index (χ3v) is 2.26. The highest BCUT2D eigenvalue weighted by Crippen LogP contribution is 2.00. The molecule has 1 aromatic carbocycles. The van der Waals surface area contributed by atoms with E-state index in [1.165, 1.54) is 0 Å². The van der Waals surface area contributed by atoms with Crippen LogP contribution in [0.4, 0.5) is 4.79 Å². The number of carbonyl (C=O) groups is 1. The zero-order valence-corrected chi connectivity index (χ0v) is 10.4. The molecule has 0 atom stereocenters. The van der Waals surface area contributed by atoms with Gasteiger partial charge in [0.15, 0.2) is 0 Å². The van der Waals surface area contributed by atoms with Crippen molar-refractivity contribution in [1.82, 2.24) is 5.32 Å². The zero-order chi connectivity index (χ0) is 11.6. The van der Waals surface area contributed by atoms with E-state index in [0.29, 0.717) is 13.2 Å². The summed E-state index contributed by atoms with van der Waals surface area (Å²) < 4.78 is 5.02. The Morgan fingerprint density at radius 1 is 1.38 bits per heavy atom. The minimum atomic E-state index is -0.383. The van der Waals surface area contributed by atoms with Crippen molar-refractivity contribution in [2.75, 3.05) is 6.54 Å². The van der Waals surface area contributed by atoms with Crippen LogP contribution < -0.4 is 5.32 Å². The van der Waals surface area contributed by atoms with Gasteiger partial charge in [0, 0.05) is 6.54 Å². The van der Waals surface area contributed by atoms with Gasteiger partial charge in [0.2, 0.25) is 0 Å². The Hall–Kier alpha value is -1.29. The van der Waals surface area contributed by atoms with Crippen LogP contribution in [-0.4, -0.2) is 12.6 Å². The highest BCUT2D eigenvalue weighted by molar-refractivity contribution is 9.11. The molecule has 1 rings (SSSR count). The van der Waals surface area contributed by atoms with E-state index in [4.69, 9.17) is 4.74 Å². The van der Waals surface area contributed by atoms with Crippen LogP contribution in [0.5, 0.6) is 0 Å². The van der Waals surface area contributed by atoms with E-state index < -0.39 is 0 Å². The number of rotatable bonds is 5. The van der Waals surface area contributed by atoms with Gasteiger partial charge in [0.1, 0.15) is 6.61 Å². The zero-order valence-electron chi connectivity index (χ0n) is 8.86. The molecule has 16 heavy (non-hydrogen) atoms. The topological polar surface area (TPSA) is 38.3 Å². The fraction of sp³-hybridized carbons (Fsp3) is 0.250. The summed E-state index contributed by atoms with van der Waals surface area (Å²) in [7, 11) is 0. The van der Waals surface area contributed by atoms with Crippen molar-refractivity contribution < 1.29 is 9.53 Å². The van der Waals surface area contributed by atoms with Crippen LogP contribution in [-0.2, 0) is 11.3 Å². The molecule has 4 heteroatoms. The van der Waals surface area contributed by atoms with Gasteiger partial charge < -0.3 is 10.1 Å². The van der Waals surface area contributed by atoms with Gasteiger partial charge in [-0.25, -0.2) is 4.79 Å². The summed E-state index contributed by atoms with van der Waals surface area (Å²) >= 11 is 3.15. The Morgan fingerprint density at radius 3 is 2.81 bits per heavy atom. The number of halogens is 1. The van der Waals surface area contributed by atoms with E-state index in [0.717, 1.165) is 12.0 Å². The largest absolute Gasteiger partial charge is 0.445 e. The van der Waals surface area contributed by atoms with Crippen LogP contribution in [0.2, 0.25) is 0 Å². The minimum Gasteiger partial charge on any atom is -0.445 e. The lowest BCUT2D eigenvalue weighted by atomic mass is 10.2. The maximum absolute atomic E-state index is 11.2. The summed E-state index contributed by atoms with van der Waals surface area (Å²) in [4.78, 5) is 13.0. The summed E-state index contributed by atoms with van der Waals surface area (Å²) in [6.45, 7) is 0.886. The number of benzene rings is 1. The number of carbonyl (C=O) groups excluding carboxylic acids is 1. The summed E-state index contributed by atoms with van der Waals surface area (Å²) in [6, 6.07) is 9.59. The molecular formula is C12H14BrNO2. The smallest absolute Gasteiger partial charge is 0.407 e. The molecule has 0 aromatic heterocycles. The third-order valence-electron chi connectivity index (χ3n) is 1.88. The van der Waals surface area contributed by atoms with Crippen molar-refractivity contribution in [3.05, 3.63) is 47.0 Å². The number of amides is 1. The maximum atomic E-state index is 11.2. The fourth-order valence-corrected chi connectivity index (χ4v) is 1.36. The lowest BCUT2D eigenvalue weighted by Crippen LogP contribution is -2.24. The average Bonchev–Trinajstić information content (AvgIpc) is 2.33. The molecule has 0 radical (unpaired) electrons. The fourth-order valence-electron chi connectivity index (χ4n) is 1.09. The first-order valence-corrected chi connectivity index (χ1v) is 5.94. The molecule has 0 aliphatic heterocycles. The summed E-state index contributed by atoms with van der Waals surface area (Å²) in [5, 5.41) is 2.65. The molecule has 1 N–H and O–H groups in total. The van der Waals surface area contributed by atoms with Gasteiger partial charge in [-0.3, -0.25) is 0 Å². The SMILES string of the molecule is O=C(NCC/C=C/Br)OCc1ccccc1. The minimum absolute atomic E-state index is 0.307. The number of hydrogen-bond donors (Lipinski definition) is 1. The van der Waals surface area contributed by atoms with Crippen molar-refractivity contribution in [1.29, 1.82) is 0 Å². The monoisotopic (exact) mass is 283 g/mol. The van der Waals surface area contributed by atoms with Crippen LogP contribution in [0.1, 0.15) is 12.0 Å². The molecule has 0 saturated heterocycles. The van der Waals surface area contributed by atoms with Gasteiger partial charge in [0.05, 0.1) is 0 Å². The first-order valence-electron chi connectivity index (χ1n) is 5.02. The van der Waals surface area contributed by atoms with Crippen molar-refractivity contribution in [2.24, 2.45) is 0 Å². The molecule has 0 aliphatic rings. The number of nitrogens with one attached hydrogen (secondary N) is 1. The molecule has 1 amide bonds. The van der Waals surface area contributed by atoms with E-state index in [9.17, 15) is 4.79 Å². The molecule has 1 aromatic rings. The van der Waals surface area contributed by atoms with Crippen LogP contribution >= 0.6 is 15.9 Å². The number of alkyl carbamates (subject to hydrolysis) is 1. The molecule has 0 saturated carbocycles. The molecule has 0 aliphatic carbocycles. The van der Waals surface area contributed by atoms with Gasteiger partial charge in [-0.15, -0.1) is 0 Å². The molecule has 0 spiro atoms. The second-order valence-corrected chi connectivity index (χ2v) is 3.67. The number of ether oxygens (including phenoxy) is 1. The molecule has 0 fully saturated rings. The second-order valence-electron chi connectivity index (χ2n) is 3.14. The lowest BCUT2D eigenvalue weighted by Gasteiger charge is -2.05. The Labute approximate surface area is 104 Å². The average molecular weight is 284 g/mol. The molecule has 0 heterocycles. The Morgan fingerprint density at radius 2 is 2.12 bits per heavy atom. The molecule has 86 valence electrons. The van der Waals surface area contributed by atoms with E-state index >= 15 is 0 Å². The van der Waals surface area contributed by atoms with Crippen LogP contribution in [0, 0.1) is 0 Å².